The van der Waals surface area contributed by atoms with Crippen LogP contribution in [0, 0.1) is 6.92 Å². The lowest BCUT2D eigenvalue weighted by Gasteiger charge is -2.09. The van der Waals surface area contributed by atoms with Gasteiger partial charge in [-0.3, -0.25) is 9.08 Å². The molecule has 1 heterocycles. The lowest BCUT2D eigenvalue weighted by molar-refractivity contribution is 0.267. The Labute approximate surface area is 135 Å². The van der Waals surface area contributed by atoms with E-state index in [4.69, 9.17) is 4.28 Å². The van der Waals surface area contributed by atoms with Gasteiger partial charge in [0.15, 0.2) is 0 Å². The van der Waals surface area contributed by atoms with Crippen molar-refractivity contribution in [2.75, 3.05) is 6.26 Å². The van der Waals surface area contributed by atoms with Gasteiger partial charge in [0.05, 0.1) is 11.9 Å². The zero-order valence-corrected chi connectivity index (χ0v) is 13.7. The molecule has 0 amide bonds. The Morgan fingerprint density at radius 1 is 1.04 bits per heavy atom. The van der Waals surface area contributed by atoms with Crippen LogP contribution in [-0.2, 0) is 10.1 Å². The second kappa shape index (κ2) is 7.11. The molecule has 2 rings (SSSR count). The topological polar surface area (TPSA) is 65.4 Å². The Kier molecular flexibility index (Phi) is 5.18. The summed E-state index contributed by atoms with van der Waals surface area (Å²) in [7, 11) is -3.80. The first-order valence-corrected chi connectivity index (χ1v) is 8.70. The summed E-state index contributed by atoms with van der Waals surface area (Å²) in [5, 5.41) is 0. The molecule has 23 heavy (non-hydrogen) atoms. The first-order chi connectivity index (χ1) is 10.8. The Hall–Kier alpha value is -2.60. The minimum Gasteiger partial charge on any atom is -0.284 e. The summed E-state index contributed by atoms with van der Waals surface area (Å²) in [4.78, 5) is 11.9. The minimum atomic E-state index is -3.80. The fourth-order valence-electron chi connectivity index (χ4n) is 1.93. The number of aryl methyl sites for hydroxylation is 1. The van der Waals surface area contributed by atoms with Crippen LogP contribution in [0.4, 0.5) is 0 Å². The van der Waals surface area contributed by atoms with E-state index in [0.717, 1.165) is 22.1 Å². The highest BCUT2D eigenvalue weighted by Crippen LogP contribution is 2.05. The van der Waals surface area contributed by atoms with E-state index < -0.39 is 15.7 Å². The molecule has 0 saturated carbocycles. The molecule has 1 aromatic heterocycles. The van der Waals surface area contributed by atoms with Crippen LogP contribution in [0.25, 0.3) is 12.2 Å². The van der Waals surface area contributed by atoms with Gasteiger partial charge in [-0.15, -0.1) is 4.73 Å². The molecule has 0 aliphatic carbocycles. The highest BCUT2D eigenvalue weighted by atomic mass is 32.2. The van der Waals surface area contributed by atoms with Gasteiger partial charge < -0.3 is 0 Å². The molecular formula is C17H17NO4S. The van der Waals surface area contributed by atoms with E-state index in [1.807, 2.05) is 36.4 Å². The van der Waals surface area contributed by atoms with Crippen molar-refractivity contribution in [2.24, 2.45) is 0 Å². The van der Waals surface area contributed by atoms with E-state index in [-0.39, 0.29) is 0 Å². The Bertz CT molecular complexity index is 894. The molecule has 0 aliphatic rings. The van der Waals surface area contributed by atoms with Gasteiger partial charge in [-0.2, -0.15) is 8.42 Å². The van der Waals surface area contributed by atoms with Gasteiger partial charge in [-0.1, -0.05) is 48.6 Å². The van der Waals surface area contributed by atoms with Gasteiger partial charge in [-0.05, 0) is 30.2 Å². The highest BCUT2D eigenvalue weighted by molar-refractivity contribution is 7.86. The lowest BCUT2D eigenvalue weighted by Crippen LogP contribution is -2.31. The molecule has 0 aliphatic heterocycles. The first-order valence-electron chi connectivity index (χ1n) is 6.88. The number of hydrogen-bond acceptors (Lipinski definition) is 4. The summed E-state index contributed by atoms with van der Waals surface area (Å²) in [5.41, 5.74) is 1.56. The normalized spacial score (nSPS) is 12.1. The van der Waals surface area contributed by atoms with Crippen molar-refractivity contribution < 1.29 is 12.7 Å². The van der Waals surface area contributed by atoms with Gasteiger partial charge in [0.2, 0.25) is 0 Å². The summed E-state index contributed by atoms with van der Waals surface area (Å²) in [6.07, 6.45) is 7.91. The fourth-order valence-corrected chi connectivity index (χ4v) is 2.36. The molecule has 0 saturated heterocycles. The Morgan fingerprint density at radius 3 is 2.35 bits per heavy atom. The SMILES string of the molecule is Cc1cc(/C=C/C=C/c2ccccc2)n(OS(C)(=O)=O)c(=O)c1. The van der Waals surface area contributed by atoms with Crippen molar-refractivity contribution in [2.45, 2.75) is 6.92 Å². The van der Waals surface area contributed by atoms with E-state index >= 15 is 0 Å². The van der Waals surface area contributed by atoms with Crippen molar-refractivity contribution >= 4 is 22.3 Å². The molecule has 0 unspecified atom stereocenters. The molecule has 0 radical (unpaired) electrons. The van der Waals surface area contributed by atoms with E-state index in [1.54, 1.807) is 31.2 Å². The number of benzene rings is 1. The van der Waals surface area contributed by atoms with Gasteiger partial charge in [0, 0.05) is 6.07 Å². The first kappa shape index (κ1) is 16.8. The molecule has 0 atom stereocenters. The van der Waals surface area contributed by atoms with Crippen LogP contribution in [0.2, 0.25) is 0 Å². The summed E-state index contributed by atoms with van der Waals surface area (Å²) in [5.74, 6) is 0. The number of allylic oxidation sites excluding steroid dienone is 2. The van der Waals surface area contributed by atoms with Crippen LogP contribution in [0.1, 0.15) is 16.8 Å². The van der Waals surface area contributed by atoms with Crippen LogP contribution in [0.3, 0.4) is 0 Å². The summed E-state index contributed by atoms with van der Waals surface area (Å²) >= 11 is 0. The standard InChI is InChI=1S/C17H17NO4S/c1-14-12-16(18(17(19)13-14)22-23(2,20)21)11-7-6-10-15-8-4-3-5-9-15/h3-13H,1-2H3/b10-6+,11-7+. The number of hydrogen-bond donors (Lipinski definition) is 0. The zero-order chi connectivity index (χ0) is 16.9. The van der Waals surface area contributed by atoms with E-state index in [0.29, 0.717) is 5.69 Å². The molecule has 0 N–H and O–H groups in total. The van der Waals surface area contributed by atoms with Crippen LogP contribution in [0.5, 0.6) is 0 Å². The third-order valence-corrected chi connectivity index (χ3v) is 3.26. The maximum atomic E-state index is 11.9. The van der Waals surface area contributed by atoms with Crippen molar-refractivity contribution in [3.05, 3.63) is 81.8 Å². The van der Waals surface area contributed by atoms with Gasteiger partial charge in [0.25, 0.3) is 5.56 Å². The molecule has 0 spiro atoms. The van der Waals surface area contributed by atoms with Gasteiger partial charge in [-0.25, -0.2) is 0 Å². The van der Waals surface area contributed by atoms with Crippen LogP contribution in [-0.4, -0.2) is 19.4 Å². The van der Waals surface area contributed by atoms with E-state index in [1.165, 1.54) is 6.07 Å². The average molecular weight is 331 g/mol. The third kappa shape index (κ3) is 5.27. The predicted molar refractivity (Wildman–Crippen MR) is 91.4 cm³/mol. The largest absolute Gasteiger partial charge is 0.324 e. The smallest absolute Gasteiger partial charge is 0.284 e. The van der Waals surface area contributed by atoms with Crippen LogP contribution in [0.15, 0.2) is 59.4 Å². The monoisotopic (exact) mass is 331 g/mol. The van der Waals surface area contributed by atoms with E-state index in [9.17, 15) is 13.2 Å². The predicted octanol–water partition coefficient (Wildman–Crippen LogP) is 2.27. The van der Waals surface area contributed by atoms with Crippen molar-refractivity contribution in [3.63, 3.8) is 0 Å². The van der Waals surface area contributed by atoms with Crippen molar-refractivity contribution in [1.82, 2.24) is 4.73 Å². The van der Waals surface area contributed by atoms with Gasteiger partial charge in [0.1, 0.15) is 0 Å². The zero-order valence-electron chi connectivity index (χ0n) is 12.8. The van der Waals surface area contributed by atoms with Crippen molar-refractivity contribution in [3.8, 4) is 0 Å². The second-order valence-corrected chi connectivity index (χ2v) is 6.56. The maximum absolute atomic E-state index is 11.9. The maximum Gasteiger partial charge on any atom is 0.324 e. The summed E-state index contributed by atoms with van der Waals surface area (Å²) < 4.78 is 28.1. The molecular weight excluding hydrogens is 314 g/mol. The summed E-state index contributed by atoms with van der Waals surface area (Å²) in [6, 6.07) is 12.7. The molecule has 1 aromatic carbocycles. The Balaban J connectivity index is 2.30. The number of nitrogens with zero attached hydrogens (tertiary/aromatic N) is 1. The molecule has 120 valence electrons. The van der Waals surface area contributed by atoms with E-state index in [2.05, 4.69) is 0 Å². The molecule has 0 fully saturated rings. The third-order valence-electron chi connectivity index (χ3n) is 2.84. The minimum absolute atomic E-state index is 0.345. The molecule has 5 nitrogen and oxygen atoms in total. The molecule has 6 heteroatoms. The quantitative estimate of drug-likeness (QED) is 0.789. The number of rotatable bonds is 5. The summed E-state index contributed by atoms with van der Waals surface area (Å²) in [6.45, 7) is 1.75. The van der Waals surface area contributed by atoms with Crippen LogP contribution < -0.4 is 9.84 Å². The lowest BCUT2D eigenvalue weighted by atomic mass is 10.2. The number of pyridine rings is 1. The average Bonchev–Trinajstić information content (AvgIpc) is 2.47. The van der Waals surface area contributed by atoms with Crippen molar-refractivity contribution in [1.29, 1.82) is 0 Å². The molecule has 0 bridgehead atoms. The Morgan fingerprint density at radius 2 is 1.70 bits per heavy atom. The second-order valence-electron chi connectivity index (χ2n) is 5.00. The fraction of sp³-hybridized carbons (Fsp3) is 0.118. The highest BCUT2D eigenvalue weighted by Gasteiger charge is 2.09. The van der Waals surface area contributed by atoms with Gasteiger partial charge >= 0.3 is 10.1 Å². The molecule has 2 aromatic rings. The number of aromatic nitrogens is 1. The van der Waals surface area contributed by atoms with Crippen LogP contribution >= 0.6 is 0 Å².